The average Bonchev–Trinajstić information content (AvgIpc) is 2.51. The van der Waals surface area contributed by atoms with E-state index in [-0.39, 0.29) is 5.91 Å². The number of rotatable bonds is 6. The molecule has 1 amide bonds. The van der Waals surface area contributed by atoms with E-state index < -0.39 is 5.82 Å². The molecule has 110 valence electrons. The molecule has 0 unspecified atom stereocenters. The van der Waals surface area contributed by atoms with Gasteiger partial charge in [-0.05, 0) is 36.2 Å². The van der Waals surface area contributed by atoms with Crippen molar-refractivity contribution in [2.75, 3.05) is 13.2 Å². The zero-order valence-corrected chi connectivity index (χ0v) is 11.9. The summed E-state index contributed by atoms with van der Waals surface area (Å²) in [6.07, 6.45) is 0.895. The number of halogens is 1. The lowest BCUT2D eigenvalue weighted by molar-refractivity contribution is 0.0946. The van der Waals surface area contributed by atoms with Crippen LogP contribution in [0.5, 0.6) is 5.75 Å². The lowest BCUT2D eigenvalue weighted by Crippen LogP contribution is -2.28. The van der Waals surface area contributed by atoms with Crippen LogP contribution in [0.4, 0.5) is 4.39 Å². The van der Waals surface area contributed by atoms with Crippen LogP contribution >= 0.6 is 0 Å². The van der Waals surface area contributed by atoms with Gasteiger partial charge in [0.15, 0.2) is 0 Å². The van der Waals surface area contributed by atoms with Gasteiger partial charge in [-0.2, -0.15) is 0 Å². The van der Waals surface area contributed by atoms with E-state index in [0.717, 1.165) is 17.7 Å². The lowest BCUT2D eigenvalue weighted by atomic mass is 10.1. The molecule has 2 aromatic carbocycles. The molecule has 0 heterocycles. The number of hydrogen-bond acceptors (Lipinski definition) is 2. The van der Waals surface area contributed by atoms with Crippen LogP contribution in [0.15, 0.2) is 48.5 Å². The Balaban J connectivity index is 1.81. The summed E-state index contributed by atoms with van der Waals surface area (Å²) in [5.41, 5.74) is 1.44. The molecule has 0 saturated carbocycles. The molecule has 2 rings (SSSR count). The molecule has 0 radical (unpaired) electrons. The monoisotopic (exact) mass is 287 g/mol. The first-order chi connectivity index (χ1) is 10.2. The number of carbonyl (C=O) groups excluding carboxylic acids is 1. The number of ether oxygens (including phenoxy) is 1. The second-order valence-electron chi connectivity index (χ2n) is 4.58. The standard InChI is InChI=1S/C17H18FNO2/c1-2-13-6-3-4-9-16(13)21-11-10-19-17(20)14-7-5-8-15(18)12-14/h3-9,12H,2,10-11H2,1H3,(H,19,20). The molecule has 0 spiro atoms. The van der Waals surface area contributed by atoms with Gasteiger partial charge in [0.05, 0.1) is 6.54 Å². The zero-order valence-electron chi connectivity index (χ0n) is 11.9. The third-order valence-corrected chi connectivity index (χ3v) is 3.09. The molecule has 0 aliphatic rings. The summed E-state index contributed by atoms with van der Waals surface area (Å²) in [6.45, 7) is 2.80. The van der Waals surface area contributed by atoms with Gasteiger partial charge in [0.25, 0.3) is 5.91 Å². The van der Waals surface area contributed by atoms with Gasteiger partial charge in [-0.25, -0.2) is 4.39 Å². The van der Waals surface area contributed by atoms with Crippen LogP contribution in [0.3, 0.4) is 0 Å². The van der Waals surface area contributed by atoms with Gasteiger partial charge >= 0.3 is 0 Å². The maximum Gasteiger partial charge on any atom is 0.251 e. The van der Waals surface area contributed by atoms with Crippen molar-refractivity contribution in [2.24, 2.45) is 0 Å². The van der Waals surface area contributed by atoms with E-state index in [2.05, 4.69) is 12.2 Å². The minimum absolute atomic E-state index is 0.304. The fraction of sp³-hybridized carbons (Fsp3) is 0.235. The van der Waals surface area contributed by atoms with Crippen molar-refractivity contribution >= 4 is 5.91 Å². The number of hydrogen-bond donors (Lipinski definition) is 1. The van der Waals surface area contributed by atoms with Crippen molar-refractivity contribution in [1.29, 1.82) is 0 Å². The Morgan fingerprint density at radius 3 is 2.76 bits per heavy atom. The normalized spacial score (nSPS) is 10.2. The Bertz CT molecular complexity index is 613. The molecule has 0 atom stereocenters. The smallest absolute Gasteiger partial charge is 0.251 e. The maximum atomic E-state index is 13.0. The highest BCUT2D eigenvalue weighted by atomic mass is 19.1. The fourth-order valence-corrected chi connectivity index (χ4v) is 1.99. The Morgan fingerprint density at radius 2 is 2.00 bits per heavy atom. The molecule has 3 nitrogen and oxygen atoms in total. The fourth-order valence-electron chi connectivity index (χ4n) is 1.99. The number of para-hydroxylation sites is 1. The minimum Gasteiger partial charge on any atom is -0.491 e. The van der Waals surface area contributed by atoms with Crippen molar-refractivity contribution in [3.8, 4) is 5.75 Å². The van der Waals surface area contributed by atoms with Gasteiger partial charge < -0.3 is 10.1 Å². The first-order valence-electron chi connectivity index (χ1n) is 6.95. The molecule has 21 heavy (non-hydrogen) atoms. The van der Waals surface area contributed by atoms with E-state index in [1.807, 2.05) is 24.3 Å². The highest BCUT2D eigenvalue weighted by molar-refractivity contribution is 5.94. The molecule has 0 fully saturated rings. The second kappa shape index (κ2) is 7.43. The zero-order chi connectivity index (χ0) is 15.1. The van der Waals surface area contributed by atoms with E-state index >= 15 is 0 Å². The summed E-state index contributed by atoms with van der Waals surface area (Å²) in [5.74, 6) is 0.109. The molecule has 2 aromatic rings. The average molecular weight is 287 g/mol. The first-order valence-corrected chi connectivity index (χ1v) is 6.95. The quantitative estimate of drug-likeness (QED) is 0.829. The summed E-state index contributed by atoms with van der Waals surface area (Å²) in [5, 5.41) is 2.70. The highest BCUT2D eigenvalue weighted by Gasteiger charge is 2.06. The first kappa shape index (κ1) is 15.0. The van der Waals surface area contributed by atoms with Crippen LogP contribution in [0.25, 0.3) is 0 Å². The minimum atomic E-state index is -0.421. The van der Waals surface area contributed by atoms with Gasteiger partial charge in [-0.3, -0.25) is 4.79 Å². The van der Waals surface area contributed by atoms with E-state index in [4.69, 9.17) is 4.74 Å². The van der Waals surface area contributed by atoms with Gasteiger partial charge in [0.1, 0.15) is 18.2 Å². The number of nitrogens with one attached hydrogen (secondary N) is 1. The molecule has 0 saturated heterocycles. The number of benzene rings is 2. The van der Waals surface area contributed by atoms with Crippen molar-refractivity contribution < 1.29 is 13.9 Å². The topological polar surface area (TPSA) is 38.3 Å². The van der Waals surface area contributed by atoms with E-state index in [0.29, 0.717) is 18.7 Å². The van der Waals surface area contributed by atoms with Crippen LogP contribution in [0, 0.1) is 5.82 Å². The second-order valence-corrected chi connectivity index (χ2v) is 4.58. The van der Waals surface area contributed by atoms with Gasteiger partial charge in [-0.1, -0.05) is 31.2 Å². The Labute approximate surface area is 123 Å². The molecule has 0 bridgehead atoms. The maximum absolute atomic E-state index is 13.0. The summed E-state index contributed by atoms with van der Waals surface area (Å²) in [4.78, 5) is 11.8. The third kappa shape index (κ3) is 4.31. The summed E-state index contributed by atoms with van der Waals surface area (Å²) < 4.78 is 18.7. The largest absolute Gasteiger partial charge is 0.491 e. The lowest BCUT2D eigenvalue weighted by Gasteiger charge is -2.11. The van der Waals surface area contributed by atoms with Crippen LogP contribution in [0.2, 0.25) is 0 Å². The summed E-state index contributed by atoms with van der Waals surface area (Å²) >= 11 is 0. The molecule has 0 aliphatic carbocycles. The van der Waals surface area contributed by atoms with Crippen LogP contribution < -0.4 is 10.1 Å². The van der Waals surface area contributed by atoms with Crippen molar-refractivity contribution in [3.63, 3.8) is 0 Å². The third-order valence-electron chi connectivity index (χ3n) is 3.09. The van der Waals surface area contributed by atoms with Gasteiger partial charge in [0, 0.05) is 5.56 Å². The number of aryl methyl sites for hydroxylation is 1. The van der Waals surface area contributed by atoms with Gasteiger partial charge in [0.2, 0.25) is 0 Å². The van der Waals surface area contributed by atoms with Crippen molar-refractivity contribution in [1.82, 2.24) is 5.32 Å². The predicted octanol–water partition coefficient (Wildman–Crippen LogP) is 3.20. The number of amides is 1. The van der Waals surface area contributed by atoms with Crippen LogP contribution in [-0.2, 0) is 6.42 Å². The highest BCUT2D eigenvalue weighted by Crippen LogP contribution is 2.17. The van der Waals surface area contributed by atoms with Crippen molar-refractivity contribution in [3.05, 3.63) is 65.5 Å². The van der Waals surface area contributed by atoms with Crippen LogP contribution in [0.1, 0.15) is 22.8 Å². The Morgan fingerprint density at radius 1 is 1.19 bits per heavy atom. The van der Waals surface area contributed by atoms with Crippen molar-refractivity contribution in [2.45, 2.75) is 13.3 Å². The molecular formula is C17H18FNO2. The predicted molar refractivity (Wildman–Crippen MR) is 80.0 cm³/mol. The van der Waals surface area contributed by atoms with E-state index in [1.54, 1.807) is 6.07 Å². The molecule has 0 aromatic heterocycles. The Kier molecular flexibility index (Phi) is 5.32. The SMILES string of the molecule is CCc1ccccc1OCCNC(=O)c1cccc(F)c1. The molecular weight excluding hydrogens is 269 g/mol. The number of carbonyl (C=O) groups is 1. The summed E-state index contributed by atoms with van der Waals surface area (Å²) in [7, 11) is 0. The Hall–Kier alpha value is -2.36. The van der Waals surface area contributed by atoms with E-state index in [9.17, 15) is 9.18 Å². The molecule has 0 aliphatic heterocycles. The summed E-state index contributed by atoms with van der Waals surface area (Å²) in [6, 6.07) is 13.4. The molecule has 1 N–H and O–H groups in total. The molecule has 4 heteroatoms. The van der Waals surface area contributed by atoms with Crippen LogP contribution in [-0.4, -0.2) is 19.1 Å². The van der Waals surface area contributed by atoms with Gasteiger partial charge in [-0.15, -0.1) is 0 Å². The van der Waals surface area contributed by atoms with E-state index in [1.165, 1.54) is 18.2 Å².